The monoisotopic (exact) mass is 258 g/mol. The summed E-state index contributed by atoms with van der Waals surface area (Å²) in [6.45, 7) is 0.887. The van der Waals surface area contributed by atoms with Crippen LogP contribution in [0.25, 0.3) is 0 Å². The predicted molar refractivity (Wildman–Crippen MR) is 29.6 cm³/mol. The van der Waals surface area contributed by atoms with Gasteiger partial charge in [0.2, 0.25) is 0 Å². The van der Waals surface area contributed by atoms with E-state index >= 15 is 0 Å². The van der Waals surface area contributed by atoms with Crippen LogP contribution < -0.4 is 0 Å². The normalized spacial score (nSPS) is 11.2. The van der Waals surface area contributed by atoms with Gasteiger partial charge < -0.3 is 14.7 Å². The minimum atomic E-state index is -5.23. The van der Waals surface area contributed by atoms with Crippen molar-refractivity contribution in [3.8, 4) is 0 Å². The van der Waals surface area contributed by atoms with Crippen molar-refractivity contribution in [3.63, 3.8) is 0 Å². The van der Waals surface area contributed by atoms with Gasteiger partial charge in [0.25, 0.3) is 0 Å². The van der Waals surface area contributed by atoms with Crippen LogP contribution in [0.2, 0.25) is 0 Å². The molecule has 0 radical (unpaired) electrons. The van der Waals surface area contributed by atoms with Crippen LogP contribution in [0.1, 0.15) is 6.92 Å². The SMILES string of the molecule is CC(=O)[O][Cr](=[O])(=[O])[OH].O=P(O)(O)O. The van der Waals surface area contributed by atoms with Crippen LogP contribution >= 0.6 is 7.82 Å². The smallest absolute Gasteiger partial charge is 0.303 e. The Labute approximate surface area is 74.6 Å². The van der Waals surface area contributed by atoms with Crippen LogP contribution in [-0.4, -0.2) is 24.8 Å². The molecule has 80 valence electrons. The van der Waals surface area contributed by atoms with E-state index in [1.165, 1.54) is 0 Å². The van der Waals surface area contributed by atoms with E-state index in [9.17, 15) is 12.4 Å². The average Bonchev–Trinajstić information content (AvgIpc) is 1.47. The summed E-state index contributed by atoms with van der Waals surface area (Å²) in [5, 5.41) is 0. The summed E-state index contributed by atoms with van der Waals surface area (Å²) in [7, 11) is -4.64. The molecule has 0 bridgehead atoms. The molecule has 0 amide bonds. The number of rotatable bonds is 1. The minimum Gasteiger partial charge on any atom is -0.303 e. The van der Waals surface area contributed by atoms with E-state index in [1.807, 2.05) is 0 Å². The molecular weight excluding hydrogens is 251 g/mol. The zero-order chi connectivity index (χ0) is 11.3. The van der Waals surface area contributed by atoms with Crippen LogP contribution in [0, 0.1) is 0 Å². The van der Waals surface area contributed by atoms with Crippen molar-refractivity contribution in [3.05, 3.63) is 0 Å². The molecule has 0 saturated carbocycles. The largest absolute Gasteiger partial charge is 0.466 e. The number of hydrogen-bond acceptors (Lipinski definition) is 5. The third-order valence-corrected chi connectivity index (χ3v) is 0.918. The molecule has 0 rings (SSSR count). The Morgan fingerprint density at radius 1 is 1.31 bits per heavy atom. The van der Waals surface area contributed by atoms with Crippen molar-refractivity contribution in [1.82, 2.24) is 0 Å². The Kier molecular flexibility index (Phi) is 6.31. The maximum absolute atomic E-state index is 9.72. The Morgan fingerprint density at radius 2 is 1.54 bits per heavy atom. The standard InChI is InChI=1S/C2H4O2.Cr.H3O4P.H2O.2O/c1-2(3)4;;1-5(2,3)4;;;/h1H3,(H,3,4);;(H3,1,2,3,4);1H2;;/q;+2;;;;/p-2. The molecule has 0 aliphatic heterocycles. The van der Waals surface area contributed by atoms with Crippen LogP contribution in [0.15, 0.2) is 0 Å². The van der Waals surface area contributed by atoms with Crippen molar-refractivity contribution in [1.29, 1.82) is 0 Å². The Morgan fingerprint density at radius 3 is 1.54 bits per heavy atom. The first-order chi connectivity index (χ1) is 5.42. The first-order valence-electron chi connectivity index (χ1n) is 2.37. The molecule has 0 heterocycles. The summed E-state index contributed by atoms with van der Waals surface area (Å²) < 4.78 is 39.3. The summed E-state index contributed by atoms with van der Waals surface area (Å²) in [4.78, 5) is 31.3. The summed E-state index contributed by atoms with van der Waals surface area (Å²) in [6.07, 6.45) is 0. The number of carbonyl (C=O) groups is 1. The predicted octanol–water partition coefficient (Wildman–Crippen LogP) is -1.71. The van der Waals surface area contributed by atoms with Gasteiger partial charge in [-0.1, -0.05) is 0 Å². The van der Waals surface area contributed by atoms with Crippen molar-refractivity contribution < 1.29 is 53.2 Å². The third-order valence-electron chi connectivity index (χ3n) is 0.223. The molecule has 13 heavy (non-hydrogen) atoms. The number of phosphoric acid groups is 1. The maximum atomic E-state index is 9.72. The fraction of sp³-hybridized carbons (Fsp3) is 0.500. The fourth-order valence-electron chi connectivity index (χ4n) is 0.148. The van der Waals surface area contributed by atoms with Gasteiger partial charge in [0.1, 0.15) is 0 Å². The van der Waals surface area contributed by atoms with Crippen LogP contribution in [0.3, 0.4) is 0 Å². The Balaban J connectivity index is 0. The molecule has 0 spiro atoms. The molecule has 0 aromatic heterocycles. The van der Waals surface area contributed by atoms with E-state index in [0.717, 1.165) is 6.92 Å². The van der Waals surface area contributed by atoms with Crippen molar-refractivity contribution >= 4 is 13.8 Å². The third kappa shape index (κ3) is 50.0. The van der Waals surface area contributed by atoms with E-state index < -0.39 is 27.4 Å². The van der Waals surface area contributed by atoms with Gasteiger partial charge in [-0.05, 0) is 0 Å². The van der Waals surface area contributed by atoms with Gasteiger partial charge in [-0.2, -0.15) is 0 Å². The van der Waals surface area contributed by atoms with Crippen molar-refractivity contribution in [2.75, 3.05) is 0 Å². The van der Waals surface area contributed by atoms with Crippen molar-refractivity contribution in [2.45, 2.75) is 6.92 Å². The van der Waals surface area contributed by atoms with E-state index in [0.29, 0.717) is 0 Å². The molecule has 0 unspecified atom stereocenters. The summed E-state index contributed by atoms with van der Waals surface area (Å²) >= 11 is -5.23. The maximum Gasteiger partial charge on any atom is 0.466 e. The van der Waals surface area contributed by atoms with Crippen LogP contribution in [0.4, 0.5) is 0 Å². The van der Waals surface area contributed by atoms with Crippen LogP contribution in [-0.2, 0) is 34.4 Å². The van der Waals surface area contributed by atoms with E-state index in [4.69, 9.17) is 23.4 Å². The van der Waals surface area contributed by atoms with E-state index in [2.05, 4.69) is 3.79 Å². The first kappa shape index (κ1) is 15.2. The molecular formula is C2H7CrO9P. The van der Waals surface area contributed by atoms with Gasteiger partial charge in [0.15, 0.2) is 0 Å². The number of carbonyl (C=O) groups excluding carboxylic acids is 1. The zero-order valence-corrected chi connectivity index (χ0v) is 8.35. The van der Waals surface area contributed by atoms with Crippen LogP contribution in [0.5, 0.6) is 0 Å². The van der Waals surface area contributed by atoms with Gasteiger partial charge in [-0.25, -0.2) is 4.57 Å². The first-order valence-corrected chi connectivity index (χ1v) is 6.07. The molecule has 0 fully saturated rings. The molecule has 0 aromatic rings. The molecule has 11 heteroatoms. The molecule has 0 saturated heterocycles. The average molecular weight is 258 g/mol. The van der Waals surface area contributed by atoms with E-state index in [-0.39, 0.29) is 0 Å². The van der Waals surface area contributed by atoms with Crippen molar-refractivity contribution in [2.24, 2.45) is 0 Å². The summed E-state index contributed by atoms with van der Waals surface area (Å²) in [5.41, 5.74) is 0. The molecule has 4 N–H and O–H groups in total. The van der Waals surface area contributed by atoms with E-state index in [1.54, 1.807) is 0 Å². The van der Waals surface area contributed by atoms with Gasteiger partial charge in [0.05, 0.1) is 0 Å². The summed E-state index contributed by atoms with van der Waals surface area (Å²) in [5.74, 6) is -1.03. The van der Waals surface area contributed by atoms with Gasteiger partial charge >= 0.3 is 54.7 Å². The Bertz CT molecular complexity index is 287. The molecule has 0 aliphatic carbocycles. The van der Waals surface area contributed by atoms with Gasteiger partial charge in [-0.3, -0.25) is 0 Å². The number of hydrogen-bond donors (Lipinski definition) is 4. The quantitative estimate of drug-likeness (QED) is 0.401. The molecule has 9 nitrogen and oxygen atoms in total. The molecule has 0 aliphatic rings. The zero-order valence-electron chi connectivity index (χ0n) is 6.19. The molecule has 0 aromatic carbocycles. The fourth-order valence-corrected chi connectivity index (χ4v) is 0.611. The minimum absolute atomic E-state index is 0.887. The summed E-state index contributed by atoms with van der Waals surface area (Å²) in [6, 6.07) is 0. The topological polar surface area (TPSA) is 158 Å². The molecule has 0 atom stereocenters. The Hall–Kier alpha value is -0.328. The second-order valence-corrected chi connectivity index (χ2v) is 4.14. The second kappa shape index (κ2) is 5.41. The van der Waals surface area contributed by atoms with Gasteiger partial charge in [-0.15, -0.1) is 0 Å². The second-order valence-electron chi connectivity index (χ2n) is 1.52. The van der Waals surface area contributed by atoms with Gasteiger partial charge in [0, 0.05) is 0 Å².